The highest BCUT2D eigenvalue weighted by Crippen LogP contribution is 2.14. The summed E-state index contributed by atoms with van der Waals surface area (Å²) in [4.78, 5) is 10.9. The highest BCUT2D eigenvalue weighted by atomic mass is 16.4. The molecule has 0 bridgehead atoms. The number of aromatic nitrogens is 3. The van der Waals surface area contributed by atoms with E-state index in [1.807, 2.05) is 6.07 Å². The number of nitrogens with one attached hydrogen (secondary N) is 1. The van der Waals surface area contributed by atoms with Crippen LogP contribution in [0.3, 0.4) is 0 Å². The van der Waals surface area contributed by atoms with Crippen molar-refractivity contribution in [1.82, 2.24) is 15.0 Å². The third kappa shape index (κ3) is 2.85. The van der Waals surface area contributed by atoms with Crippen molar-refractivity contribution < 1.29 is 9.90 Å². The van der Waals surface area contributed by atoms with E-state index in [-0.39, 0.29) is 0 Å². The molecular formula is C12H14N4O2. The maximum absolute atomic E-state index is 10.9. The largest absolute Gasteiger partial charge is 0.478 e. The molecule has 0 aliphatic carbocycles. The highest BCUT2D eigenvalue weighted by molar-refractivity contribution is 5.89. The number of hydrogen-bond donors (Lipinski definition) is 2. The number of rotatable bonds is 5. The zero-order chi connectivity index (χ0) is 13.0. The van der Waals surface area contributed by atoms with Gasteiger partial charge in [0.15, 0.2) is 0 Å². The zero-order valence-electron chi connectivity index (χ0n) is 10.00. The first-order chi connectivity index (χ1) is 8.66. The molecule has 6 nitrogen and oxygen atoms in total. The molecule has 6 heteroatoms. The third-order valence-corrected chi connectivity index (χ3v) is 2.60. The molecule has 0 atom stereocenters. The Morgan fingerprint density at radius 3 is 2.94 bits per heavy atom. The number of hydrogen-bond acceptors (Lipinski definition) is 4. The van der Waals surface area contributed by atoms with Crippen LogP contribution in [0.25, 0.3) is 0 Å². The summed E-state index contributed by atoms with van der Waals surface area (Å²) in [6, 6.07) is 5.19. The van der Waals surface area contributed by atoms with Crippen LogP contribution in [0.4, 0.5) is 5.69 Å². The van der Waals surface area contributed by atoms with Crippen LogP contribution in [0.15, 0.2) is 30.6 Å². The Labute approximate surface area is 104 Å². The van der Waals surface area contributed by atoms with Crippen molar-refractivity contribution in [1.29, 1.82) is 0 Å². The lowest BCUT2D eigenvalue weighted by Crippen LogP contribution is -2.11. The normalized spacial score (nSPS) is 10.3. The summed E-state index contributed by atoms with van der Waals surface area (Å²) < 4.78 is 1.73. The molecule has 0 fully saturated rings. The first-order valence-electron chi connectivity index (χ1n) is 5.59. The van der Waals surface area contributed by atoms with E-state index in [2.05, 4.69) is 15.6 Å². The maximum atomic E-state index is 10.9. The van der Waals surface area contributed by atoms with Crippen molar-refractivity contribution in [3.8, 4) is 0 Å². The molecule has 18 heavy (non-hydrogen) atoms. The van der Waals surface area contributed by atoms with E-state index < -0.39 is 5.97 Å². The Morgan fingerprint density at radius 2 is 2.33 bits per heavy atom. The van der Waals surface area contributed by atoms with Crippen LogP contribution < -0.4 is 5.32 Å². The molecule has 0 spiro atoms. The number of carboxylic acids is 1. The molecule has 0 unspecified atom stereocenters. The molecular weight excluding hydrogens is 232 g/mol. The van der Waals surface area contributed by atoms with Crippen molar-refractivity contribution >= 4 is 11.7 Å². The van der Waals surface area contributed by atoms with Crippen LogP contribution in [0, 0.1) is 6.92 Å². The van der Waals surface area contributed by atoms with Gasteiger partial charge in [0.05, 0.1) is 18.3 Å². The molecule has 1 aromatic carbocycles. The average molecular weight is 246 g/mol. The zero-order valence-corrected chi connectivity index (χ0v) is 10.00. The summed E-state index contributed by atoms with van der Waals surface area (Å²) in [6.07, 6.45) is 3.42. The summed E-state index contributed by atoms with van der Waals surface area (Å²) in [5.74, 6) is -0.901. The first kappa shape index (κ1) is 12.1. The van der Waals surface area contributed by atoms with E-state index in [1.165, 1.54) is 0 Å². The lowest BCUT2D eigenvalue weighted by molar-refractivity contribution is 0.0696. The van der Waals surface area contributed by atoms with E-state index >= 15 is 0 Å². The number of carbonyl (C=O) groups is 1. The summed E-state index contributed by atoms with van der Waals surface area (Å²) in [7, 11) is 0. The SMILES string of the molecule is Cc1cc(NCCn2ccnn2)ccc1C(=O)O. The molecule has 0 aliphatic heterocycles. The molecule has 1 aromatic heterocycles. The van der Waals surface area contributed by atoms with Crippen molar-refractivity contribution in [3.05, 3.63) is 41.7 Å². The van der Waals surface area contributed by atoms with Crippen molar-refractivity contribution in [2.75, 3.05) is 11.9 Å². The molecule has 0 saturated carbocycles. The van der Waals surface area contributed by atoms with Crippen molar-refractivity contribution in [2.24, 2.45) is 0 Å². The molecule has 0 saturated heterocycles. The second kappa shape index (κ2) is 5.31. The lowest BCUT2D eigenvalue weighted by atomic mass is 10.1. The Bertz CT molecular complexity index is 537. The third-order valence-electron chi connectivity index (χ3n) is 2.60. The minimum absolute atomic E-state index is 0.330. The van der Waals surface area contributed by atoms with Gasteiger partial charge in [0.25, 0.3) is 0 Å². The Balaban J connectivity index is 1.94. The molecule has 94 valence electrons. The molecule has 0 radical (unpaired) electrons. The standard InChI is InChI=1S/C12H14N4O2/c1-9-8-10(2-3-11(9)12(17)18)13-4-6-16-7-5-14-15-16/h2-3,5,7-8,13H,4,6H2,1H3,(H,17,18). The highest BCUT2D eigenvalue weighted by Gasteiger charge is 2.06. The fourth-order valence-corrected chi connectivity index (χ4v) is 1.68. The van der Waals surface area contributed by atoms with Gasteiger partial charge in [-0.3, -0.25) is 4.68 Å². The van der Waals surface area contributed by atoms with Gasteiger partial charge in [0, 0.05) is 18.4 Å². The van der Waals surface area contributed by atoms with Gasteiger partial charge >= 0.3 is 5.97 Å². The second-order valence-corrected chi connectivity index (χ2v) is 3.93. The predicted octanol–water partition coefficient (Wildman–Crippen LogP) is 1.40. The van der Waals surface area contributed by atoms with Gasteiger partial charge in [-0.2, -0.15) is 0 Å². The lowest BCUT2D eigenvalue weighted by Gasteiger charge is -2.08. The van der Waals surface area contributed by atoms with E-state index in [9.17, 15) is 4.79 Å². The quantitative estimate of drug-likeness (QED) is 0.833. The minimum Gasteiger partial charge on any atom is -0.478 e. The van der Waals surface area contributed by atoms with Gasteiger partial charge in [-0.05, 0) is 30.7 Å². The molecule has 0 amide bonds. The van der Waals surface area contributed by atoms with Crippen molar-refractivity contribution in [3.63, 3.8) is 0 Å². The van der Waals surface area contributed by atoms with E-state index in [1.54, 1.807) is 36.1 Å². The minimum atomic E-state index is -0.901. The Hall–Kier alpha value is -2.37. The fourth-order valence-electron chi connectivity index (χ4n) is 1.68. The number of anilines is 1. The summed E-state index contributed by atoms with van der Waals surface area (Å²) in [5, 5.41) is 19.7. The Morgan fingerprint density at radius 1 is 1.50 bits per heavy atom. The molecule has 2 N–H and O–H groups in total. The summed E-state index contributed by atoms with van der Waals surface area (Å²) in [5.41, 5.74) is 1.97. The van der Waals surface area contributed by atoms with Crippen LogP contribution in [-0.4, -0.2) is 32.6 Å². The van der Waals surface area contributed by atoms with Gasteiger partial charge in [0.1, 0.15) is 0 Å². The van der Waals surface area contributed by atoms with Crippen molar-refractivity contribution in [2.45, 2.75) is 13.5 Å². The first-order valence-corrected chi connectivity index (χ1v) is 5.59. The van der Waals surface area contributed by atoms with Crippen LogP contribution in [0.2, 0.25) is 0 Å². The van der Waals surface area contributed by atoms with Crippen LogP contribution in [0.1, 0.15) is 15.9 Å². The topological polar surface area (TPSA) is 80.0 Å². The molecule has 2 rings (SSSR count). The van der Waals surface area contributed by atoms with Gasteiger partial charge in [-0.15, -0.1) is 5.10 Å². The van der Waals surface area contributed by atoms with Gasteiger partial charge in [0.2, 0.25) is 0 Å². The number of aromatic carboxylic acids is 1. The predicted molar refractivity (Wildman–Crippen MR) is 66.7 cm³/mol. The summed E-state index contributed by atoms with van der Waals surface area (Å²) >= 11 is 0. The van der Waals surface area contributed by atoms with E-state index in [0.29, 0.717) is 18.7 Å². The van der Waals surface area contributed by atoms with Gasteiger partial charge < -0.3 is 10.4 Å². The fraction of sp³-hybridized carbons (Fsp3) is 0.250. The smallest absolute Gasteiger partial charge is 0.335 e. The maximum Gasteiger partial charge on any atom is 0.335 e. The number of nitrogens with zero attached hydrogens (tertiary/aromatic N) is 3. The number of carboxylic acid groups (broad SMARTS) is 1. The molecule has 1 heterocycles. The number of benzene rings is 1. The molecule has 2 aromatic rings. The number of aryl methyl sites for hydroxylation is 1. The van der Waals surface area contributed by atoms with Crippen LogP contribution in [-0.2, 0) is 6.54 Å². The monoisotopic (exact) mass is 246 g/mol. The van der Waals surface area contributed by atoms with E-state index in [0.717, 1.165) is 11.3 Å². The summed E-state index contributed by atoms with van der Waals surface area (Å²) in [6.45, 7) is 3.20. The Kier molecular flexibility index (Phi) is 3.57. The van der Waals surface area contributed by atoms with Crippen LogP contribution in [0.5, 0.6) is 0 Å². The molecule has 0 aliphatic rings. The van der Waals surface area contributed by atoms with Crippen LogP contribution >= 0.6 is 0 Å². The second-order valence-electron chi connectivity index (χ2n) is 3.93. The van der Waals surface area contributed by atoms with Gasteiger partial charge in [-0.1, -0.05) is 5.21 Å². The average Bonchev–Trinajstić information content (AvgIpc) is 2.81. The van der Waals surface area contributed by atoms with E-state index in [4.69, 9.17) is 5.11 Å². The van der Waals surface area contributed by atoms with Gasteiger partial charge in [-0.25, -0.2) is 4.79 Å².